The molecule has 3 amide bonds. The fraction of sp³-hybridized carbons (Fsp3) is 0.406. The molecule has 9 heteroatoms. The van der Waals surface area contributed by atoms with Crippen LogP contribution in [0.3, 0.4) is 0 Å². The smallest absolute Gasteiger partial charge is 0.423 e. The molecule has 2 heterocycles. The normalized spacial score (nSPS) is 24.0. The van der Waals surface area contributed by atoms with E-state index in [1.54, 1.807) is 6.07 Å². The Morgan fingerprint density at radius 2 is 1.90 bits per heavy atom. The van der Waals surface area contributed by atoms with Gasteiger partial charge in [-0.2, -0.15) is 4.90 Å². The molecule has 0 saturated carbocycles. The van der Waals surface area contributed by atoms with E-state index in [4.69, 9.17) is 14.2 Å². The third-order valence-electron chi connectivity index (χ3n) is 8.16. The molecule has 2 saturated heterocycles. The van der Waals surface area contributed by atoms with E-state index in [9.17, 15) is 23.9 Å². The number of allylic oxidation sites excluding steroid dienone is 1. The molecule has 5 rings (SSSR count). The number of carbonyl (C=O) groups is 3. The predicted molar refractivity (Wildman–Crippen MR) is 148 cm³/mol. The molecule has 2 aliphatic heterocycles. The lowest BCUT2D eigenvalue weighted by atomic mass is 9.69. The number of amides is 3. The monoisotopic (exact) mass is 563 g/mol. The standard InChI is InChI=1S/C32H34FNO7/c1-3-7-19(14-20-10-12-26(35)25(33)15-20)11-13-27-28-21(17-40-22-8-5-4-6-9-22)16-23-29(24(28)18-41-27)31(37)34(30(23)36)32(38)39-2/h4-6,8-10,12,14-15,23-24,27,29,35H,3,7,11,13,16-18H2,1-2H3/b19-14+/t23-,24+,27-,29-/m1/s1. The Bertz CT molecular complexity index is 1390. The van der Waals surface area contributed by atoms with Crippen molar-refractivity contribution in [2.45, 2.75) is 45.1 Å². The summed E-state index contributed by atoms with van der Waals surface area (Å²) in [4.78, 5) is 39.5. The van der Waals surface area contributed by atoms with E-state index in [0.717, 1.165) is 36.7 Å². The maximum atomic E-state index is 13.9. The highest BCUT2D eigenvalue weighted by molar-refractivity contribution is 6.16. The average molecular weight is 564 g/mol. The number of rotatable bonds is 9. The lowest BCUT2D eigenvalue weighted by Crippen LogP contribution is -2.38. The van der Waals surface area contributed by atoms with Crippen LogP contribution in [-0.4, -0.2) is 54.3 Å². The van der Waals surface area contributed by atoms with E-state index in [1.165, 1.54) is 12.1 Å². The number of nitrogens with zero attached hydrogens (tertiary/aromatic N) is 1. The Labute approximate surface area is 238 Å². The highest BCUT2D eigenvalue weighted by atomic mass is 19.1. The maximum absolute atomic E-state index is 13.9. The lowest BCUT2D eigenvalue weighted by Gasteiger charge is -2.31. The summed E-state index contributed by atoms with van der Waals surface area (Å²) in [6, 6.07) is 13.7. The number of methoxy groups -OCH3 is 1. The van der Waals surface area contributed by atoms with E-state index < -0.39 is 35.6 Å². The Balaban J connectivity index is 1.42. The van der Waals surface area contributed by atoms with Gasteiger partial charge in [-0.3, -0.25) is 9.59 Å². The van der Waals surface area contributed by atoms with Gasteiger partial charge in [-0.25, -0.2) is 9.18 Å². The molecule has 0 unspecified atom stereocenters. The molecule has 0 aromatic heterocycles. The van der Waals surface area contributed by atoms with Crippen molar-refractivity contribution in [1.29, 1.82) is 0 Å². The Hall–Kier alpha value is -3.98. The molecule has 4 atom stereocenters. The van der Waals surface area contributed by atoms with Gasteiger partial charge in [0, 0.05) is 5.92 Å². The first-order chi connectivity index (χ1) is 19.8. The van der Waals surface area contributed by atoms with Gasteiger partial charge in [-0.05, 0) is 66.7 Å². The number of carbonyl (C=O) groups excluding carboxylic acids is 3. The van der Waals surface area contributed by atoms with Crippen LogP contribution in [0.2, 0.25) is 0 Å². The van der Waals surface area contributed by atoms with E-state index >= 15 is 0 Å². The molecule has 0 bridgehead atoms. The summed E-state index contributed by atoms with van der Waals surface area (Å²) in [5.74, 6) is -3.15. The van der Waals surface area contributed by atoms with Crippen molar-refractivity contribution in [3.05, 3.63) is 76.6 Å². The SMILES string of the molecule is CCC/C(=C\c1ccc(O)c(F)c1)CC[C@H]1OC[C@H]2C1=C(COc1ccccc1)C[C@H]1C(=O)N(C(=O)OC)C(=O)[C@H]12. The summed E-state index contributed by atoms with van der Waals surface area (Å²) in [6.45, 7) is 2.58. The minimum atomic E-state index is -0.964. The molecule has 216 valence electrons. The van der Waals surface area contributed by atoms with E-state index in [-0.39, 0.29) is 31.0 Å². The second-order valence-electron chi connectivity index (χ2n) is 10.7. The first-order valence-corrected chi connectivity index (χ1v) is 14.0. The fourth-order valence-corrected chi connectivity index (χ4v) is 6.32. The van der Waals surface area contributed by atoms with Crippen LogP contribution in [0.15, 0.2) is 65.3 Å². The van der Waals surface area contributed by atoms with Crippen LogP contribution in [0.4, 0.5) is 9.18 Å². The van der Waals surface area contributed by atoms with Crippen molar-refractivity contribution in [2.75, 3.05) is 20.3 Å². The summed E-state index contributed by atoms with van der Waals surface area (Å²) < 4.78 is 31.0. The van der Waals surface area contributed by atoms with Crippen LogP contribution in [0.1, 0.15) is 44.6 Å². The number of ether oxygens (including phenoxy) is 3. The largest absolute Gasteiger partial charge is 0.505 e. The number of para-hydroxylation sites is 1. The van der Waals surface area contributed by atoms with Crippen molar-refractivity contribution < 1.29 is 38.1 Å². The van der Waals surface area contributed by atoms with Crippen molar-refractivity contribution in [2.24, 2.45) is 17.8 Å². The van der Waals surface area contributed by atoms with Crippen molar-refractivity contribution in [3.63, 3.8) is 0 Å². The van der Waals surface area contributed by atoms with Gasteiger partial charge in [0.15, 0.2) is 11.6 Å². The predicted octanol–water partition coefficient (Wildman–Crippen LogP) is 5.66. The van der Waals surface area contributed by atoms with Gasteiger partial charge in [0.05, 0.1) is 31.7 Å². The summed E-state index contributed by atoms with van der Waals surface area (Å²) in [5, 5.41) is 9.54. The summed E-state index contributed by atoms with van der Waals surface area (Å²) in [6.07, 6.45) is 4.02. The summed E-state index contributed by atoms with van der Waals surface area (Å²) >= 11 is 0. The number of hydrogen-bond acceptors (Lipinski definition) is 7. The molecular weight excluding hydrogens is 529 g/mol. The van der Waals surface area contributed by atoms with Gasteiger partial charge in [-0.1, -0.05) is 49.3 Å². The lowest BCUT2D eigenvalue weighted by molar-refractivity contribution is -0.137. The molecule has 2 fully saturated rings. The number of fused-ring (bicyclic) bond motifs is 3. The zero-order valence-electron chi connectivity index (χ0n) is 23.2. The molecule has 3 aliphatic rings. The van der Waals surface area contributed by atoms with Crippen molar-refractivity contribution >= 4 is 24.0 Å². The Morgan fingerprint density at radius 3 is 2.61 bits per heavy atom. The number of hydrogen-bond donors (Lipinski definition) is 1. The van der Waals surface area contributed by atoms with E-state index in [2.05, 4.69) is 6.92 Å². The number of imide groups is 3. The first kappa shape index (κ1) is 28.5. The molecule has 1 N–H and O–H groups in total. The minimum Gasteiger partial charge on any atom is -0.505 e. The Morgan fingerprint density at radius 1 is 1.12 bits per heavy atom. The molecule has 8 nitrogen and oxygen atoms in total. The number of aromatic hydroxyl groups is 1. The van der Waals surface area contributed by atoms with E-state index in [1.807, 2.05) is 36.4 Å². The quantitative estimate of drug-likeness (QED) is 0.310. The molecule has 1 aliphatic carbocycles. The highest BCUT2D eigenvalue weighted by Crippen LogP contribution is 2.50. The van der Waals surface area contributed by atoms with Gasteiger partial charge < -0.3 is 19.3 Å². The number of halogens is 1. The van der Waals surface area contributed by atoms with Gasteiger partial charge in [-0.15, -0.1) is 0 Å². The van der Waals surface area contributed by atoms with Crippen molar-refractivity contribution in [3.8, 4) is 11.5 Å². The zero-order chi connectivity index (χ0) is 29.1. The first-order valence-electron chi connectivity index (χ1n) is 14.0. The third-order valence-corrected chi connectivity index (χ3v) is 8.16. The number of likely N-dealkylation sites (tertiary alicyclic amines) is 1. The summed E-state index contributed by atoms with van der Waals surface area (Å²) in [7, 11) is 1.15. The number of phenols is 1. The molecule has 2 aromatic carbocycles. The average Bonchev–Trinajstić information content (AvgIpc) is 3.50. The van der Waals surface area contributed by atoms with Crippen LogP contribution < -0.4 is 4.74 Å². The fourth-order valence-electron chi connectivity index (χ4n) is 6.32. The van der Waals surface area contributed by atoms with Crippen LogP contribution in [0, 0.1) is 23.6 Å². The number of phenolic OH excluding ortho intramolecular Hbond substituents is 1. The van der Waals surface area contributed by atoms with Gasteiger partial charge >= 0.3 is 6.09 Å². The molecular formula is C32H34FNO7. The molecule has 0 radical (unpaired) electrons. The molecule has 2 aromatic rings. The van der Waals surface area contributed by atoms with E-state index in [0.29, 0.717) is 35.5 Å². The van der Waals surface area contributed by atoms with Crippen LogP contribution >= 0.6 is 0 Å². The van der Waals surface area contributed by atoms with Crippen LogP contribution in [0.25, 0.3) is 6.08 Å². The minimum absolute atomic E-state index is 0.239. The highest BCUT2D eigenvalue weighted by Gasteiger charge is 2.59. The van der Waals surface area contributed by atoms with Gasteiger partial charge in [0.2, 0.25) is 11.8 Å². The number of benzene rings is 2. The van der Waals surface area contributed by atoms with Crippen LogP contribution in [-0.2, 0) is 19.1 Å². The summed E-state index contributed by atoms with van der Waals surface area (Å²) in [5.41, 5.74) is 3.67. The topological polar surface area (TPSA) is 102 Å². The third kappa shape index (κ3) is 5.77. The second-order valence-corrected chi connectivity index (χ2v) is 10.7. The zero-order valence-corrected chi connectivity index (χ0v) is 23.2. The second kappa shape index (κ2) is 12.3. The van der Waals surface area contributed by atoms with Crippen LogP contribution in [0.5, 0.6) is 11.5 Å². The Kier molecular flexibility index (Phi) is 8.54. The molecule has 41 heavy (non-hydrogen) atoms. The van der Waals surface area contributed by atoms with Gasteiger partial charge in [0.25, 0.3) is 0 Å². The van der Waals surface area contributed by atoms with Crippen molar-refractivity contribution in [1.82, 2.24) is 4.90 Å². The maximum Gasteiger partial charge on any atom is 0.423 e. The van der Waals surface area contributed by atoms with Gasteiger partial charge in [0.1, 0.15) is 12.4 Å². The molecule has 0 spiro atoms.